The first-order valence-electron chi connectivity index (χ1n) is 7.85. The second kappa shape index (κ2) is 6.69. The third-order valence-corrected chi connectivity index (χ3v) is 4.13. The quantitative estimate of drug-likeness (QED) is 0.947. The number of carbonyl (C=O) groups is 1. The molecule has 23 heavy (non-hydrogen) atoms. The van der Waals surface area contributed by atoms with E-state index in [1.54, 1.807) is 6.20 Å². The highest BCUT2D eigenvalue weighted by molar-refractivity contribution is 5.74. The molecular formula is C18H22N4O. The predicted molar refractivity (Wildman–Crippen MR) is 91.4 cm³/mol. The maximum atomic E-state index is 12.4. The minimum atomic E-state index is -0.0114. The van der Waals surface area contributed by atoms with Crippen molar-refractivity contribution in [3.8, 4) is 0 Å². The van der Waals surface area contributed by atoms with E-state index in [1.807, 2.05) is 42.1 Å². The smallest absolute Gasteiger partial charge is 0.317 e. The Morgan fingerprint density at radius 2 is 2.04 bits per heavy atom. The Bertz CT molecular complexity index is 699. The van der Waals surface area contributed by atoms with Crippen molar-refractivity contribution in [2.75, 3.05) is 25.5 Å². The van der Waals surface area contributed by atoms with Crippen molar-refractivity contribution in [1.29, 1.82) is 0 Å². The van der Waals surface area contributed by atoms with Crippen molar-refractivity contribution in [1.82, 2.24) is 15.2 Å². The maximum Gasteiger partial charge on any atom is 0.317 e. The van der Waals surface area contributed by atoms with Crippen LogP contribution < -0.4 is 10.2 Å². The molecule has 5 heteroatoms. The Hall–Kier alpha value is -2.56. The summed E-state index contributed by atoms with van der Waals surface area (Å²) >= 11 is 0. The van der Waals surface area contributed by atoms with Gasteiger partial charge in [0.2, 0.25) is 0 Å². The molecule has 5 nitrogen and oxygen atoms in total. The Morgan fingerprint density at radius 1 is 1.26 bits per heavy atom. The van der Waals surface area contributed by atoms with Crippen molar-refractivity contribution >= 4 is 11.8 Å². The molecule has 1 aromatic carbocycles. The number of fused-ring (bicyclic) bond motifs is 1. The lowest BCUT2D eigenvalue weighted by Crippen LogP contribution is -2.42. The summed E-state index contributed by atoms with van der Waals surface area (Å²) in [5, 5.41) is 3.01. The van der Waals surface area contributed by atoms with Gasteiger partial charge in [-0.05, 0) is 35.2 Å². The zero-order valence-electron chi connectivity index (χ0n) is 13.6. The van der Waals surface area contributed by atoms with E-state index in [2.05, 4.69) is 28.5 Å². The van der Waals surface area contributed by atoms with Gasteiger partial charge in [-0.1, -0.05) is 24.3 Å². The Balaban J connectivity index is 1.59. The molecule has 0 spiro atoms. The molecular weight excluding hydrogens is 288 g/mol. The fourth-order valence-corrected chi connectivity index (χ4v) is 2.77. The van der Waals surface area contributed by atoms with Crippen LogP contribution >= 0.6 is 0 Å². The number of hydrogen-bond donors (Lipinski definition) is 1. The molecule has 2 amide bonds. The maximum absolute atomic E-state index is 12.4. The molecule has 0 fully saturated rings. The Kier molecular flexibility index (Phi) is 4.46. The SMILES string of the molecule is CN(C)c1cc(CNC(=O)N2CCc3ccccc3C2)ccn1. The second-order valence-electron chi connectivity index (χ2n) is 6.02. The third kappa shape index (κ3) is 3.62. The van der Waals surface area contributed by atoms with Gasteiger partial charge in [0.15, 0.2) is 0 Å². The average molecular weight is 310 g/mol. The van der Waals surface area contributed by atoms with Crippen LogP contribution in [0.1, 0.15) is 16.7 Å². The molecule has 0 bridgehead atoms. The van der Waals surface area contributed by atoms with Crippen molar-refractivity contribution < 1.29 is 4.79 Å². The summed E-state index contributed by atoms with van der Waals surface area (Å²) in [5.74, 6) is 0.892. The van der Waals surface area contributed by atoms with Gasteiger partial charge in [0, 0.05) is 39.9 Å². The minimum absolute atomic E-state index is 0.0114. The van der Waals surface area contributed by atoms with Gasteiger partial charge in [0.05, 0.1) is 0 Å². The van der Waals surface area contributed by atoms with Crippen LogP contribution in [0.2, 0.25) is 0 Å². The van der Waals surface area contributed by atoms with E-state index in [-0.39, 0.29) is 6.03 Å². The summed E-state index contributed by atoms with van der Waals surface area (Å²) in [6.45, 7) is 1.96. The first-order chi connectivity index (χ1) is 11.1. The molecule has 2 aromatic rings. The molecule has 1 aromatic heterocycles. The summed E-state index contributed by atoms with van der Waals surface area (Å²) in [7, 11) is 3.91. The lowest BCUT2D eigenvalue weighted by atomic mass is 10.0. The van der Waals surface area contributed by atoms with Crippen LogP contribution in [-0.4, -0.2) is 36.6 Å². The normalized spacial score (nSPS) is 13.4. The summed E-state index contributed by atoms with van der Waals surface area (Å²) in [6, 6.07) is 12.2. The van der Waals surface area contributed by atoms with Crippen LogP contribution in [0.5, 0.6) is 0 Å². The Morgan fingerprint density at radius 3 is 2.83 bits per heavy atom. The van der Waals surface area contributed by atoms with Gasteiger partial charge >= 0.3 is 6.03 Å². The number of urea groups is 1. The number of pyridine rings is 1. The number of hydrogen-bond acceptors (Lipinski definition) is 3. The highest BCUT2D eigenvalue weighted by Crippen LogP contribution is 2.18. The van der Waals surface area contributed by atoms with Crippen LogP contribution in [0, 0.1) is 0 Å². The number of anilines is 1. The summed E-state index contributed by atoms with van der Waals surface area (Å²) < 4.78 is 0. The topological polar surface area (TPSA) is 48.5 Å². The van der Waals surface area contributed by atoms with E-state index >= 15 is 0 Å². The number of nitrogens with zero attached hydrogens (tertiary/aromatic N) is 3. The number of rotatable bonds is 3. The van der Waals surface area contributed by atoms with Crippen LogP contribution in [0.15, 0.2) is 42.6 Å². The number of benzene rings is 1. The van der Waals surface area contributed by atoms with Gasteiger partial charge in [0.1, 0.15) is 5.82 Å². The van der Waals surface area contributed by atoms with Gasteiger partial charge in [-0.15, -0.1) is 0 Å². The zero-order chi connectivity index (χ0) is 16.2. The predicted octanol–water partition coefficient (Wildman–Crippen LogP) is 2.42. The molecule has 0 radical (unpaired) electrons. The van der Waals surface area contributed by atoms with Crippen LogP contribution in [0.25, 0.3) is 0 Å². The molecule has 120 valence electrons. The molecule has 1 aliphatic rings. The van der Waals surface area contributed by atoms with Gasteiger partial charge in [-0.2, -0.15) is 0 Å². The van der Waals surface area contributed by atoms with Gasteiger partial charge in [-0.25, -0.2) is 9.78 Å². The monoisotopic (exact) mass is 310 g/mol. The standard InChI is InChI=1S/C18H22N4O/c1-21(2)17-11-14(7-9-19-17)12-20-18(23)22-10-8-15-5-3-4-6-16(15)13-22/h3-7,9,11H,8,10,12-13H2,1-2H3,(H,20,23). The second-order valence-corrected chi connectivity index (χ2v) is 6.02. The van der Waals surface area contributed by atoms with E-state index in [1.165, 1.54) is 11.1 Å². The fourth-order valence-electron chi connectivity index (χ4n) is 2.77. The minimum Gasteiger partial charge on any atom is -0.363 e. The van der Waals surface area contributed by atoms with Crippen molar-refractivity contribution in [3.63, 3.8) is 0 Å². The lowest BCUT2D eigenvalue weighted by molar-refractivity contribution is 0.192. The van der Waals surface area contributed by atoms with Crippen LogP contribution in [-0.2, 0) is 19.5 Å². The number of amides is 2. The number of carbonyl (C=O) groups excluding carboxylic acids is 1. The first-order valence-corrected chi connectivity index (χ1v) is 7.85. The molecule has 2 heterocycles. The molecule has 3 rings (SSSR count). The molecule has 0 saturated carbocycles. The Labute approximate surface area is 136 Å². The van der Waals surface area contributed by atoms with Crippen molar-refractivity contribution in [2.45, 2.75) is 19.5 Å². The van der Waals surface area contributed by atoms with E-state index in [0.717, 1.165) is 24.3 Å². The molecule has 0 aliphatic carbocycles. The van der Waals surface area contributed by atoms with Gasteiger partial charge in [0.25, 0.3) is 0 Å². The molecule has 1 N–H and O–H groups in total. The molecule has 0 saturated heterocycles. The first kappa shape index (κ1) is 15.3. The highest BCUT2D eigenvalue weighted by Gasteiger charge is 2.19. The largest absolute Gasteiger partial charge is 0.363 e. The third-order valence-electron chi connectivity index (χ3n) is 4.13. The average Bonchev–Trinajstić information content (AvgIpc) is 2.59. The summed E-state index contributed by atoms with van der Waals surface area (Å²) in [5.41, 5.74) is 3.64. The number of nitrogens with one attached hydrogen (secondary N) is 1. The molecule has 0 unspecified atom stereocenters. The van der Waals surface area contributed by atoms with Crippen LogP contribution in [0.3, 0.4) is 0 Å². The van der Waals surface area contributed by atoms with Crippen molar-refractivity contribution in [2.24, 2.45) is 0 Å². The van der Waals surface area contributed by atoms with Crippen molar-refractivity contribution in [3.05, 3.63) is 59.3 Å². The van der Waals surface area contributed by atoms with Gasteiger partial charge < -0.3 is 15.1 Å². The number of aromatic nitrogens is 1. The highest BCUT2D eigenvalue weighted by atomic mass is 16.2. The van der Waals surface area contributed by atoms with E-state index < -0.39 is 0 Å². The fraction of sp³-hybridized carbons (Fsp3) is 0.333. The van der Waals surface area contributed by atoms with E-state index in [9.17, 15) is 4.79 Å². The zero-order valence-corrected chi connectivity index (χ0v) is 13.6. The molecule has 0 atom stereocenters. The van der Waals surface area contributed by atoms with Crippen LogP contribution in [0.4, 0.5) is 10.6 Å². The molecule has 1 aliphatic heterocycles. The summed E-state index contributed by atoms with van der Waals surface area (Å²) in [6.07, 6.45) is 2.69. The lowest BCUT2D eigenvalue weighted by Gasteiger charge is -2.29. The van der Waals surface area contributed by atoms with E-state index in [4.69, 9.17) is 0 Å². The van der Waals surface area contributed by atoms with E-state index in [0.29, 0.717) is 13.1 Å². The summed E-state index contributed by atoms with van der Waals surface area (Å²) in [4.78, 5) is 20.5. The van der Waals surface area contributed by atoms with Gasteiger partial charge in [-0.3, -0.25) is 0 Å².